The van der Waals surface area contributed by atoms with E-state index in [4.69, 9.17) is 28.9 Å². The summed E-state index contributed by atoms with van der Waals surface area (Å²) in [4.78, 5) is 1.18. The number of benzene rings is 2. The van der Waals surface area contributed by atoms with E-state index < -0.39 is 0 Å². The molecule has 0 aliphatic rings. The topological polar surface area (TPSA) is 26.0 Å². The molecule has 1 atom stereocenters. The van der Waals surface area contributed by atoms with Crippen LogP contribution in [0.15, 0.2) is 51.8 Å². The summed E-state index contributed by atoms with van der Waals surface area (Å²) < 4.78 is 1.08. The Morgan fingerprint density at radius 1 is 1.11 bits per heavy atom. The van der Waals surface area contributed by atoms with Crippen molar-refractivity contribution >= 4 is 50.9 Å². The van der Waals surface area contributed by atoms with Gasteiger partial charge in [0.05, 0.1) is 10.0 Å². The van der Waals surface area contributed by atoms with E-state index in [0.717, 1.165) is 15.8 Å². The van der Waals surface area contributed by atoms with Crippen molar-refractivity contribution in [2.75, 3.05) is 5.75 Å². The van der Waals surface area contributed by atoms with Crippen LogP contribution in [-0.2, 0) is 0 Å². The highest BCUT2D eigenvalue weighted by molar-refractivity contribution is 9.10. The quantitative estimate of drug-likeness (QED) is 0.708. The first-order valence-electron chi connectivity index (χ1n) is 5.66. The summed E-state index contributed by atoms with van der Waals surface area (Å²) >= 11 is 17.1. The standard InChI is InChI=1S/C14H12BrCl2NS/c15-10-3-1-2-4-14(10)19-8-13(18)9-5-6-11(16)12(17)7-9/h1-7,13H,8,18H2. The van der Waals surface area contributed by atoms with E-state index in [0.29, 0.717) is 10.0 Å². The van der Waals surface area contributed by atoms with E-state index in [-0.39, 0.29) is 6.04 Å². The lowest BCUT2D eigenvalue weighted by Crippen LogP contribution is -2.12. The second-order valence-electron chi connectivity index (χ2n) is 4.02. The molecule has 0 radical (unpaired) electrons. The maximum Gasteiger partial charge on any atom is 0.0595 e. The van der Waals surface area contributed by atoms with Crippen LogP contribution in [0.4, 0.5) is 0 Å². The van der Waals surface area contributed by atoms with Gasteiger partial charge in [-0.1, -0.05) is 41.4 Å². The minimum atomic E-state index is -0.0770. The lowest BCUT2D eigenvalue weighted by molar-refractivity contribution is 0.831. The lowest BCUT2D eigenvalue weighted by atomic mass is 10.1. The Hall–Kier alpha value is -0.190. The molecule has 0 amide bonds. The van der Waals surface area contributed by atoms with Crippen LogP contribution in [0.3, 0.4) is 0 Å². The van der Waals surface area contributed by atoms with E-state index in [1.807, 2.05) is 30.3 Å². The van der Waals surface area contributed by atoms with Crippen molar-refractivity contribution < 1.29 is 0 Å². The van der Waals surface area contributed by atoms with Crippen molar-refractivity contribution in [1.82, 2.24) is 0 Å². The minimum absolute atomic E-state index is 0.0770. The van der Waals surface area contributed by atoms with Gasteiger partial charge in [0.2, 0.25) is 0 Å². The molecule has 0 fully saturated rings. The second kappa shape index (κ2) is 7.00. The molecule has 100 valence electrons. The van der Waals surface area contributed by atoms with Gasteiger partial charge in [-0.05, 0) is 45.8 Å². The molecule has 1 unspecified atom stereocenters. The third kappa shape index (κ3) is 4.14. The normalized spacial score (nSPS) is 12.4. The molecule has 0 aliphatic carbocycles. The minimum Gasteiger partial charge on any atom is -0.323 e. The first-order valence-corrected chi connectivity index (χ1v) is 8.19. The number of rotatable bonds is 4. The zero-order valence-electron chi connectivity index (χ0n) is 9.95. The van der Waals surface area contributed by atoms with Gasteiger partial charge in [0.1, 0.15) is 0 Å². The highest BCUT2D eigenvalue weighted by atomic mass is 79.9. The van der Waals surface area contributed by atoms with Gasteiger partial charge >= 0.3 is 0 Å². The zero-order chi connectivity index (χ0) is 13.8. The molecule has 0 aromatic heterocycles. The van der Waals surface area contributed by atoms with Crippen molar-refractivity contribution in [2.45, 2.75) is 10.9 Å². The van der Waals surface area contributed by atoms with Crippen LogP contribution in [0.2, 0.25) is 10.0 Å². The number of halogens is 3. The maximum absolute atomic E-state index is 6.17. The summed E-state index contributed by atoms with van der Waals surface area (Å²) in [6, 6.07) is 13.5. The summed E-state index contributed by atoms with van der Waals surface area (Å²) in [5, 5.41) is 1.09. The molecule has 5 heteroatoms. The zero-order valence-corrected chi connectivity index (χ0v) is 13.9. The van der Waals surface area contributed by atoms with Crippen LogP contribution < -0.4 is 5.73 Å². The lowest BCUT2D eigenvalue weighted by Gasteiger charge is -2.13. The Labute approximate surface area is 135 Å². The third-order valence-corrected chi connectivity index (χ3v) is 5.51. The molecule has 1 nitrogen and oxygen atoms in total. The summed E-state index contributed by atoms with van der Waals surface area (Å²) in [5.41, 5.74) is 7.17. The average molecular weight is 377 g/mol. The second-order valence-corrected chi connectivity index (χ2v) is 6.75. The Bertz CT molecular complexity index is 577. The Morgan fingerprint density at radius 2 is 1.84 bits per heavy atom. The fraction of sp³-hybridized carbons (Fsp3) is 0.143. The Morgan fingerprint density at radius 3 is 2.53 bits per heavy atom. The third-order valence-electron chi connectivity index (χ3n) is 2.63. The molecular weight excluding hydrogens is 365 g/mol. The van der Waals surface area contributed by atoms with Crippen LogP contribution in [0.5, 0.6) is 0 Å². The smallest absolute Gasteiger partial charge is 0.0595 e. The van der Waals surface area contributed by atoms with Gasteiger partial charge in [0.15, 0.2) is 0 Å². The predicted octanol–water partition coefficient (Wildman–Crippen LogP) is 5.55. The molecular formula is C14H12BrCl2NS. The van der Waals surface area contributed by atoms with Crippen molar-refractivity contribution in [3.63, 3.8) is 0 Å². The Balaban J connectivity index is 2.03. The first-order chi connectivity index (χ1) is 9.08. The van der Waals surface area contributed by atoms with E-state index in [9.17, 15) is 0 Å². The SMILES string of the molecule is NC(CSc1ccccc1Br)c1ccc(Cl)c(Cl)c1. The van der Waals surface area contributed by atoms with Crippen molar-refractivity contribution in [3.05, 3.63) is 62.5 Å². The molecule has 2 aromatic rings. The van der Waals surface area contributed by atoms with Gasteiger partial charge in [0, 0.05) is 21.2 Å². The van der Waals surface area contributed by atoms with Crippen molar-refractivity contribution in [2.24, 2.45) is 5.73 Å². The largest absolute Gasteiger partial charge is 0.323 e. The molecule has 0 heterocycles. The van der Waals surface area contributed by atoms with Crippen LogP contribution in [0.1, 0.15) is 11.6 Å². The number of hydrogen-bond donors (Lipinski definition) is 1. The van der Waals surface area contributed by atoms with Crippen LogP contribution in [-0.4, -0.2) is 5.75 Å². The fourth-order valence-electron chi connectivity index (χ4n) is 1.58. The molecule has 0 spiro atoms. The summed E-state index contributed by atoms with van der Waals surface area (Å²) in [6.45, 7) is 0. The van der Waals surface area contributed by atoms with Gasteiger partial charge in [-0.2, -0.15) is 0 Å². The number of hydrogen-bond acceptors (Lipinski definition) is 2. The molecule has 19 heavy (non-hydrogen) atoms. The van der Waals surface area contributed by atoms with E-state index in [2.05, 4.69) is 22.0 Å². The van der Waals surface area contributed by atoms with E-state index in [1.54, 1.807) is 17.8 Å². The van der Waals surface area contributed by atoms with Gasteiger partial charge in [0.25, 0.3) is 0 Å². The first kappa shape index (κ1) is 15.2. The summed E-state index contributed by atoms with van der Waals surface area (Å²) in [5.74, 6) is 0.778. The highest BCUT2D eigenvalue weighted by Crippen LogP contribution is 2.31. The molecule has 0 saturated heterocycles. The maximum atomic E-state index is 6.17. The molecule has 2 N–H and O–H groups in total. The van der Waals surface area contributed by atoms with Gasteiger partial charge < -0.3 is 5.73 Å². The summed E-state index contributed by atoms with van der Waals surface area (Å²) in [6.07, 6.45) is 0. The van der Waals surface area contributed by atoms with E-state index in [1.165, 1.54) is 4.90 Å². The Kier molecular flexibility index (Phi) is 5.60. The highest BCUT2D eigenvalue weighted by Gasteiger charge is 2.09. The molecule has 0 saturated carbocycles. The average Bonchev–Trinajstić information content (AvgIpc) is 2.40. The summed E-state index contributed by atoms with van der Waals surface area (Å²) in [7, 11) is 0. The van der Waals surface area contributed by atoms with E-state index >= 15 is 0 Å². The van der Waals surface area contributed by atoms with Crippen LogP contribution in [0, 0.1) is 0 Å². The number of nitrogens with two attached hydrogens (primary N) is 1. The van der Waals surface area contributed by atoms with Gasteiger partial charge in [-0.15, -0.1) is 11.8 Å². The predicted molar refractivity (Wildman–Crippen MR) is 88.3 cm³/mol. The van der Waals surface area contributed by atoms with Crippen molar-refractivity contribution in [1.29, 1.82) is 0 Å². The molecule has 2 aromatic carbocycles. The number of thioether (sulfide) groups is 1. The van der Waals surface area contributed by atoms with Gasteiger partial charge in [-0.3, -0.25) is 0 Å². The van der Waals surface area contributed by atoms with Crippen molar-refractivity contribution in [3.8, 4) is 0 Å². The molecule has 0 aliphatic heterocycles. The fourth-order valence-corrected chi connectivity index (χ4v) is 3.45. The monoisotopic (exact) mass is 375 g/mol. The molecule has 2 rings (SSSR count). The van der Waals surface area contributed by atoms with Crippen LogP contribution in [0.25, 0.3) is 0 Å². The van der Waals surface area contributed by atoms with Gasteiger partial charge in [-0.25, -0.2) is 0 Å². The molecule has 0 bridgehead atoms. The van der Waals surface area contributed by atoms with Crippen LogP contribution >= 0.6 is 50.9 Å².